The van der Waals surface area contributed by atoms with Crippen molar-refractivity contribution in [2.45, 2.75) is 6.54 Å². The van der Waals surface area contributed by atoms with Gasteiger partial charge in [0, 0.05) is 23.9 Å². The molecule has 0 fully saturated rings. The van der Waals surface area contributed by atoms with Crippen molar-refractivity contribution in [3.05, 3.63) is 65.9 Å². The molecule has 174 valence electrons. The summed E-state index contributed by atoms with van der Waals surface area (Å²) in [6.45, 7) is 0.420. The first-order valence-electron chi connectivity index (χ1n) is 10.2. The molecule has 1 amide bonds. The Hall–Kier alpha value is -4.18. The van der Waals surface area contributed by atoms with Crippen molar-refractivity contribution in [2.75, 3.05) is 21.3 Å². The van der Waals surface area contributed by atoms with E-state index in [4.69, 9.17) is 30.8 Å². The van der Waals surface area contributed by atoms with Crippen molar-refractivity contribution in [1.29, 1.82) is 0 Å². The summed E-state index contributed by atoms with van der Waals surface area (Å²) in [7, 11) is 4.46. The molecule has 0 saturated heterocycles. The van der Waals surface area contributed by atoms with E-state index in [-0.39, 0.29) is 5.11 Å². The summed E-state index contributed by atoms with van der Waals surface area (Å²) in [5.41, 5.74) is 3.31. The van der Waals surface area contributed by atoms with E-state index in [9.17, 15) is 4.79 Å². The maximum Gasteiger partial charge on any atom is 0.257 e. The maximum atomic E-state index is 12.7. The van der Waals surface area contributed by atoms with Crippen molar-refractivity contribution >= 4 is 34.5 Å². The number of hydrogen-bond acceptors (Lipinski definition) is 8. The minimum absolute atomic E-state index is 0.188. The van der Waals surface area contributed by atoms with Gasteiger partial charge in [-0.1, -0.05) is 12.1 Å². The quantitative estimate of drug-likeness (QED) is 0.384. The van der Waals surface area contributed by atoms with Crippen LogP contribution in [0.5, 0.6) is 17.2 Å². The monoisotopic (exact) mass is 478 g/mol. The second-order valence-corrected chi connectivity index (χ2v) is 7.50. The summed E-state index contributed by atoms with van der Waals surface area (Å²) in [5.74, 6) is 1.25. The van der Waals surface area contributed by atoms with Crippen molar-refractivity contribution in [1.82, 2.24) is 20.6 Å². The van der Waals surface area contributed by atoms with Crippen LogP contribution in [0, 0.1) is 0 Å². The number of thiocarbonyl (C=S) groups is 1. The molecule has 0 aliphatic rings. The average Bonchev–Trinajstić information content (AvgIpc) is 3.31. The second-order valence-electron chi connectivity index (χ2n) is 7.09. The fraction of sp³-hybridized carbons (Fsp3) is 0.167. The normalized spacial score (nSPS) is 10.6. The number of benzene rings is 2. The SMILES string of the molecule is COc1cc(C(=O)NC(=S)NCc2ccc(-c3nc4ncccc4o3)cc2)cc(OC)c1OC. The van der Waals surface area contributed by atoms with Gasteiger partial charge in [0.1, 0.15) is 0 Å². The van der Waals surface area contributed by atoms with Crippen molar-refractivity contribution in [3.63, 3.8) is 0 Å². The van der Waals surface area contributed by atoms with Gasteiger partial charge in [0.05, 0.1) is 21.3 Å². The lowest BCUT2D eigenvalue weighted by Crippen LogP contribution is -2.38. The van der Waals surface area contributed by atoms with E-state index >= 15 is 0 Å². The van der Waals surface area contributed by atoms with Gasteiger partial charge < -0.3 is 23.9 Å². The largest absolute Gasteiger partial charge is 0.493 e. The van der Waals surface area contributed by atoms with Gasteiger partial charge in [-0.2, -0.15) is 4.98 Å². The van der Waals surface area contributed by atoms with Gasteiger partial charge in [-0.3, -0.25) is 10.1 Å². The molecular weight excluding hydrogens is 456 g/mol. The van der Waals surface area contributed by atoms with Crippen LogP contribution in [-0.2, 0) is 6.54 Å². The summed E-state index contributed by atoms with van der Waals surface area (Å²) in [6, 6.07) is 14.4. The molecule has 2 N–H and O–H groups in total. The van der Waals surface area contributed by atoms with Crippen LogP contribution in [0.3, 0.4) is 0 Å². The third kappa shape index (κ3) is 4.91. The third-order valence-electron chi connectivity index (χ3n) is 4.97. The number of hydrogen-bond donors (Lipinski definition) is 2. The highest BCUT2D eigenvalue weighted by molar-refractivity contribution is 7.80. The molecule has 2 heterocycles. The topological polar surface area (TPSA) is 108 Å². The summed E-state index contributed by atoms with van der Waals surface area (Å²) in [4.78, 5) is 21.2. The molecular formula is C24H22N4O5S. The Labute approximate surface area is 201 Å². The Morgan fingerprint density at radius 3 is 2.35 bits per heavy atom. The Morgan fingerprint density at radius 2 is 1.74 bits per heavy atom. The van der Waals surface area contributed by atoms with Gasteiger partial charge in [0.2, 0.25) is 11.6 Å². The lowest BCUT2D eigenvalue weighted by molar-refractivity contribution is 0.0976. The molecule has 2 aromatic heterocycles. The first-order valence-corrected chi connectivity index (χ1v) is 10.6. The van der Waals surface area contributed by atoms with Crippen LogP contribution >= 0.6 is 12.2 Å². The summed E-state index contributed by atoms with van der Waals surface area (Å²) in [5, 5.41) is 5.87. The van der Waals surface area contributed by atoms with Crippen molar-refractivity contribution in [3.8, 4) is 28.7 Å². The van der Waals surface area contributed by atoms with Crippen LogP contribution in [-0.4, -0.2) is 42.3 Å². The molecule has 0 bridgehead atoms. The number of carbonyl (C=O) groups excluding carboxylic acids is 1. The molecule has 0 radical (unpaired) electrons. The lowest BCUT2D eigenvalue weighted by atomic mass is 10.1. The molecule has 0 spiro atoms. The predicted octanol–water partition coefficient (Wildman–Crippen LogP) is 3.72. The van der Waals surface area contributed by atoms with Crippen LogP contribution in [0.25, 0.3) is 22.7 Å². The van der Waals surface area contributed by atoms with Gasteiger partial charge in [0.25, 0.3) is 5.91 Å². The number of oxazole rings is 1. The molecule has 0 aliphatic heterocycles. The van der Waals surface area contributed by atoms with Crippen LogP contribution in [0.2, 0.25) is 0 Å². The molecule has 0 saturated carbocycles. The second kappa shape index (κ2) is 10.2. The van der Waals surface area contributed by atoms with Gasteiger partial charge in [-0.15, -0.1) is 0 Å². The molecule has 4 aromatic rings. The highest BCUT2D eigenvalue weighted by Crippen LogP contribution is 2.38. The van der Waals surface area contributed by atoms with Crippen molar-refractivity contribution < 1.29 is 23.4 Å². The predicted molar refractivity (Wildman–Crippen MR) is 130 cm³/mol. The zero-order valence-corrected chi connectivity index (χ0v) is 19.6. The number of nitrogens with zero attached hydrogens (tertiary/aromatic N) is 2. The first kappa shape index (κ1) is 23.0. The highest BCUT2D eigenvalue weighted by Gasteiger charge is 2.17. The minimum Gasteiger partial charge on any atom is -0.493 e. The molecule has 4 rings (SSSR count). The summed E-state index contributed by atoms with van der Waals surface area (Å²) < 4.78 is 21.6. The fourth-order valence-electron chi connectivity index (χ4n) is 3.27. The van der Waals surface area contributed by atoms with Crippen LogP contribution < -0.4 is 24.8 Å². The van der Waals surface area contributed by atoms with E-state index in [1.807, 2.05) is 30.3 Å². The third-order valence-corrected chi connectivity index (χ3v) is 5.22. The van der Waals surface area contributed by atoms with Crippen LogP contribution in [0.1, 0.15) is 15.9 Å². The highest BCUT2D eigenvalue weighted by atomic mass is 32.1. The smallest absolute Gasteiger partial charge is 0.257 e. The van der Waals surface area contributed by atoms with E-state index < -0.39 is 5.91 Å². The Morgan fingerprint density at radius 1 is 1.03 bits per heavy atom. The zero-order chi connectivity index (χ0) is 24.1. The number of methoxy groups -OCH3 is 3. The molecule has 0 aliphatic carbocycles. The average molecular weight is 479 g/mol. The lowest BCUT2D eigenvalue weighted by Gasteiger charge is -2.14. The Bertz CT molecular complexity index is 1280. The molecule has 2 aromatic carbocycles. The number of rotatable bonds is 7. The van der Waals surface area contributed by atoms with Gasteiger partial charge in [-0.05, 0) is 54.2 Å². The molecule has 34 heavy (non-hydrogen) atoms. The van der Waals surface area contributed by atoms with Gasteiger partial charge in [-0.25, -0.2) is 4.98 Å². The van der Waals surface area contributed by atoms with E-state index in [0.717, 1.165) is 11.1 Å². The maximum absolute atomic E-state index is 12.7. The Balaban J connectivity index is 1.37. The zero-order valence-electron chi connectivity index (χ0n) is 18.7. The minimum atomic E-state index is -0.406. The number of nitrogens with one attached hydrogen (secondary N) is 2. The van der Waals surface area contributed by atoms with Crippen LogP contribution in [0.15, 0.2) is 59.1 Å². The molecule has 9 nitrogen and oxygen atoms in total. The summed E-state index contributed by atoms with van der Waals surface area (Å²) in [6.07, 6.45) is 1.67. The Kier molecular flexibility index (Phi) is 6.88. The molecule has 0 atom stereocenters. The van der Waals surface area contributed by atoms with Crippen LogP contribution in [0.4, 0.5) is 0 Å². The first-order chi connectivity index (χ1) is 16.5. The van der Waals surface area contributed by atoms with E-state index in [0.29, 0.717) is 46.5 Å². The molecule has 10 heteroatoms. The number of pyridine rings is 1. The number of ether oxygens (including phenoxy) is 3. The van der Waals surface area contributed by atoms with E-state index in [1.54, 1.807) is 24.4 Å². The summed E-state index contributed by atoms with van der Waals surface area (Å²) >= 11 is 5.28. The number of fused-ring (bicyclic) bond motifs is 1. The van der Waals surface area contributed by atoms with E-state index in [2.05, 4.69) is 20.6 Å². The standard InChI is InChI=1S/C24H22N4O5S/c1-30-18-11-16(12-19(31-2)20(18)32-3)22(29)28-24(34)26-13-14-6-8-15(9-7-14)23-27-21-17(33-23)5-4-10-25-21/h4-12H,13H2,1-3H3,(H2,26,28,29,34). The van der Waals surface area contributed by atoms with Crippen molar-refractivity contribution in [2.24, 2.45) is 0 Å². The molecule has 0 unspecified atom stereocenters. The number of aromatic nitrogens is 2. The van der Waals surface area contributed by atoms with Gasteiger partial charge in [0.15, 0.2) is 27.8 Å². The number of carbonyl (C=O) groups is 1. The number of amides is 1. The van der Waals surface area contributed by atoms with E-state index in [1.165, 1.54) is 21.3 Å². The fourth-order valence-corrected chi connectivity index (χ4v) is 3.44. The van der Waals surface area contributed by atoms with Gasteiger partial charge >= 0.3 is 0 Å².